The number of rotatable bonds is 8. The lowest BCUT2D eigenvalue weighted by atomic mass is 10.1. The van der Waals surface area contributed by atoms with Gasteiger partial charge in [0.15, 0.2) is 6.61 Å². The number of hydrogen-bond acceptors (Lipinski definition) is 4. The minimum absolute atomic E-state index is 0.0197. The zero-order valence-electron chi connectivity index (χ0n) is 15.6. The maximum atomic E-state index is 12.7. The third-order valence-electron chi connectivity index (χ3n) is 4.09. The number of nitrogens with one attached hydrogen (secondary N) is 1. The van der Waals surface area contributed by atoms with Crippen LogP contribution in [0.2, 0.25) is 5.02 Å². The number of ether oxygens (including phenoxy) is 2. The van der Waals surface area contributed by atoms with Crippen molar-refractivity contribution in [2.45, 2.75) is 13.2 Å². The smallest absolute Gasteiger partial charge is 0.255 e. The van der Waals surface area contributed by atoms with Crippen LogP contribution in [0.4, 0.5) is 0 Å². The van der Waals surface area contributed by atoms with E-state index in [0.717, 1.165) is 11.1 Å². The average molecular weight is 407 g/mol. The fraction of sp³-hybridized carbons (Fsp3) is 0.130. The van der Waals surface area contributed by atoms with Crippen molar-refractivity contribution in [1.29, 1.82) is 5.26 Å². The number of carbonyl (C=O) groups is 1. The number of nitrogens with zero attached hydrogens (tertiary/aromatic N) is 1. The van der Waals surface area contributed by atoms with E-state index in [4.69, 9.17) is 26.3 Å². The van der Waals surface area contributed by atoms with Crippen LogP contribution in [-0.2, 0) is 13.2 Å². The normalized spacial score (nSPS) is 10.1. The molecule has 3 rings (SSSR count). The van der Waals surface area contributed by atoms with Crippen LogP contribution >= 0.6 is 11.6 Å². The second-order valence-electron chi connectivity index (χ2n) is 6.19. The Labute approximate surface area is 174 Å². The molecule has 5 nitrogen and oxygen atoms in total. The number of amides is 1. The van der Waals surface area contributed by atoms with Gasteiger partial charge in [0.1, 0.15) is 24.2 Å². The molecule has 0 aliphatic carbocycles. The summed E-state index contributed by atoms with van der Waals surface area (Å²) in [6.45, 7) is 0.641. The van der Waals surface area contributed by atoms with Gasteiger partial charge in [-0.1, -0.05) is 48.0 Å². The monoisotopic (exact) mass is 406 g/mol. The molecule has 0 radical (unpaired) electrons. The molecule has 0 aliphatic rings. The highest BCUT2D eigenvalue weighted by molar-refractivity contribution is 6.30. The molecule has 6 heteroatoms. The van der Waals surface area contributed by atoms with E-state index < -0.39 is 0 Å². The fourth-order valence-electron chi connectivity index (χ4n) is 2.66. The van der Waals surface area contributed by atoms with E-state index in [-0.39, 0.29) is 12.5 Å². The Bertz CT molecular complexity index is 1010. The molecule has 0 spiro atoms. The van der Waals surface area contributed by atoms with Crippen molar-refractivity contribution in [3.8, 4) is 17.6 Å². The van der Waals surface area contributed by atoms with E-state index in [9.17, 15) is 4.79 Å². The van der Waals surface area contributed by atoms with Crippen LogP contribution in [0, 0.1) is 11.3 Å². The highest BCUT2D eigenvalue weighted by atomic mass is 35.5. The van der Waals surface area contributed by atoms with Gasteiger partial charge in [0.05, 0.1) is 5.56 Å². The number of hydrogen-bond donors (Lipinski definition) is 1. The maximum absolute atomic E-state index is 12.7. The van der Waals surface area contributed by atoms with E-state index in [1.807, 2.05) is 36.4 Å². The molecular weight excluding hydrogens is 388 g/mol. The minimum Gasteiger partial charge on any atom is -0.488 e. The quantitative estimate of drug-likeness (QED) is 0.585. The molecule has 0 saturated heterocycles. The molecule has 3 aromatic carbocycles. The molecule has 29 heavy (non-hydrogen) atoms. The van der Waals surface area contributed by atoms with Crippen molar-refractivity contribution in [2.75, 3.05) is 6.61 Å². The Morgan fingerprint density at radius 3 is 2.55 bits per heavy atom. The molecule has 0 saturated carbocycles. The SMILES string of the molecule is N#CCOc1cccc(CNC(=O)c2ccccc2OCc2ccc(Cl)cc2)c1. The lowest BCUT2D eigenvalue weighted by Gasteiger charge is -2.12. The van der Waals surface area contributed by atoms with Gasteiger partial charge in [-0.25, -0.2) is 0 Å². The summed E-state index contributed by atoms with van der Waals surface area (Å²) in [5.74, 6) is 0.858. The first-order chi connectivity index (χ1) is 14.2. The second-order valence-corrected chi connectivity index (χ2v) is 6.62. The van der Waals surface area contributed by atoms with Crippen LogP contribution < -0.4 is 14.8 Å². The summed E-state index contributed by atoms with van der Waals surface area (Å²) in [5.41, 5.74) is 2.28. The van der Waals surface area contributed by atoms with Crippen molar-refractivity contribution >= 4 is 17.5 Å². The molecule has 146 valence electrons. The molecule has 0 aliphatic heterocycles. The van der Waals surface area contributed by atoms with Crippen LogP contribution in [0.3, 0.4) is 0 Å². The van der Waals surface area contributed by atoms with Crippen molar-refractivity contribution in [3.63, 3.8) is 0 Å². The van der Waals surface area contributed by atoms with Gasteiger partial charge in [-0.05, 0) is 47.5 Å². The zero-order chi connectivity index (χ0) is 20.5. The third kappa shape index (κ3) is 6.00. The summed E-state index contributed by atoms with van der Waals surface area (Å²) in [6.07, 6.45) is 0. The van der Waals surface area contributed by atoms with Gasteiger partial charge in [0.2, 0.25) is 0 Å². The second kappa shape index (κ2) is 10.2. The van der Waals surface area contributed by atoms with E-state index in [0.29, 0.717) is 35.2 Å². The molecule has 0 heterocycles. The van der Waals surface area contributed by atoms with Crippen molar-refractivity contribution in [2.24, 2.45) is 0 Å². The zero-order valence-corrected chi connectivity index (χ0v) is 16.4. The lowest BCUT2D eigenvalue weighted by molar-refractivity contribution is 0.0946. The first-order valence-corrected chi connectivity index (χ1v) is 9.36. The molecule has 0 atom stereocenters. The maximum Gasteiger partial charge on any atom is 0.255 e. The summed E-state index contributed by atoms with van der Waals surface area (Å²) in [5, 5.41) is 12.2. The van der Waals surface area contributed by atoms with Gasteiger partial charge < -0.3 is 14.8 Å². The first-order valence-electron chi connectivity index (χ1n) is 8.99. The summed E-state index contributed by atoms with van der Waals surface area (Å²) in [7, 11) is 0. The number of nitriles is 1. The molecular formula is C23H19ClN2O3. The van der Waals surface area contributed by atoms with Gasteiger partial charge in [0, 0.05) is 11.6 Å². The van der Waals surface area contributed by atoms with Crippen LogP contribution in [-0.4, -0.2) is 12.5 Å². The number of halogens is 1. The molecule has 0 unspecified atom stereocenters. The van der Waals surface area contributed by atoms with Gasteiger partial charge >= 0.3 is 0 Å². The average Bonchev–Trinajstić information content (AvgIpc) is 2.76. The Balaban J connectivity index is 1.62. The van der Waals surface area contributed by atoms with Crippen molar-refractivity contribution < 1.29 is 14.3 Å². The van der Waals surface area contributed by atoms with E-state index >= 15 is 0 Å². The molecule has 0 aromatic heterocycles. The summed E-state index contributed by atoms with van der Waals surface area (Å²) in [6, 6.07) is 23.6. The van der Waals surface area contributed by atoms with E-state index in [1.165, 1.54) is 0 Å². The first kappa shape index (κ1) is 20.2. The van der Waals surface area contributed by atoms with E-state index in [1.54, 1.807) is 42.5 Å². The Kier molecular flexibility index (Phi) is 7.10. The van der Waals surface area contributed by atoms with Gasteiger partial charge in [-0.2, -0.15) is 5.26 Å². The lowest BCUT2D eigenvalue weighted by Crippen LogP contribution is -2.23. The Morgan fingerprint density at radius 2 is 1.76 bits per heavy atom. The van der Waals surface area contributed by atoms with Crippen molar-refractivity contribution in [3.05, 3.63) is 94.5 Å². The fourth-order valence-corrected chi connectivity index (χ4v) is 2.79. The van der Waals surface area contributed by atoms with Crippen LogP contribution in [0.25, 0.3) is 0 Å². The molecule has 0 bridgehead atoms. The highest BCUT2D eigenvalue weighted by Gasteiger charge is 2.12. The Morgan fingerprint density at radius 1 is 0.966 bits per heavy atom. The number of carbonyl (C=O) groups excluding carboxylic acids is 1. The minimum atomic E-state index is -0.236. The highest BCUT2D eigenvalue weighted by Crippen LogP contribution is 2.20. The number of benzene rings is 3. The molecule has 1 N–H and O–H groups in total. The predicted octanol–water partition coefficient (Wildman–Crippen LogP) is 4.75. The van der Waals surface area contributed by atoms with Crippen LogP contribution in [0.1, 0.15) is 21.5 Å². The summed E-state index contributed by atoms with van der Waals surface area (Å²) < 4.78 is 11.1. The Hall–Kier alpha value is -3.49. The topological polar surface area (TPSA) is 71.3 Å². The summed E-state index contributed by atoms with van der Waals surface area (Å²) >= 11 is 5.90. The third-order valence-corrected chi connectivity index (χ3v) is 4.35. The van der Waals surface area contributed by atoms with Crippen LogP contribution in [0.15, 0.2) is 72.8 Å². The molecule has 0 fully saturated rings. The van der Waals surface area contributed by atoms with Gasteiger partial charge in [-0.15, -0.1) is 0 Å². The van der Waals surface area contributed by atoms with Gasteiger partial charge in [0.25, 0.3) is 5.91 Å². The molecule has 1 amide bonds. The van der Waals surface area contributed by atoms with Crippen LogP contribution in [0.5, 0.6) is 11.5 Å². The van der Waals surface area contributed by atoms with Gasteiger partial charge in [-0.3, -0.25) is 4.79 Å². The van der Waals surface area contributed by atoms with E-state index in [2.05, 4.69) is 5.32 Å². The molecule has 3 aromatic rings. The predicted molar refractivity (Wildman–Crippen MR) is 111 cm³/mol. The standard InChI is InChI=1S/C23H19ClN2O3/c24-19-10-8-17(9-11-19)16-29-22-7-2-1-6-21(22)23(27)26-15-18-4-3-5-20(14-18)28-13-12-25/h1-11,14H,13,15-16H2,(H,26,27). The van der Waals surface area contributed by atoms with Crippen molar-refractivity contribution in [1.82, 2.24) is 5.32 Å². The summed E-state index contributed by atoms with van der Waals surface area (Å²) in [4.78, 5) is 12.7. The largest absolute Gasteiger partial charge is 0.488 e. The number of para-hydroxylation sites is 1.